The number of aromatic nitrogens is 2. The number of H-pyrrole nitrogens is 1. The Bertz CT molecular complexity index is 867. The fourth-order valence-electron chi connectivity index (χ4n) is 2.12. The van der Waals surface area contributed by atoms with Crippen LogP contribution in [0.1, 0.15) is 16.7 Å². The zero-order valence-corrected chi connectivity index (χ0v) is 18.6. The monoisotopic (exact) mass is 499 g/mol. The van der Waals surface area contributed by atoms with Gasteiger partial charge in [0.25, 0.3) is 0 Å². The molecule has 0 bridgehead atoms. The standard InChI is InChI=1S/C10H9BrN2.C9H10BrNO.ClH/c1-7-6-8(2-3-9(7)11)10-12-4-5-13-10;1-6-5-7(9(11)12-2)3-4-8(6)10;/h2-6H,1H3,(H,12,13);3-5,11H,1-2H3;1H. The topological polar surface area (TPSA) is 61.8 Å². The van der Waals surface area contributed by atoms with Gasteiger partial charge in [-0.25, -0.2) is 4.98 Å². The summed E-state index contributed by atoms with van der Waals surface area (Å²) in [5, 5.41) is 7.41. The Morgan fingerprint density at radius 3 is 2.15 bits per heavy atom. The summed E-state index contributed by atoms with van der Waals surface area (Å²) in [7, 11) is 1.50. The zero-order chi connectivity index (χ0) is 18.4. The quantitative estimate of drug-likeness (QED) is 0.320. The van der Waals surface area contributed by atoms with E-state index in [1.54, 1.807) is 6.20 Å². The van der Waals surface area contributed by atoms with Gasteiger partial charge in [-0.2, -0.15) is 0 Å². The van der Waals surface area contributed by atoms with Crippen molar-refractivity contribution in [3.8, 4) is 11.4 Å². The highest BCUT2D eigenvalue weighted by atomic mass is 79.9. The number of aryl methyl sites for hydroxylation is 2. The minimum absolute atomic E-state index is 0. The van der Waals surface area contributed by atoms with Crippen LogP contribution in [0.15, 0.2) is 57.7 Å². The Hall–Kier alpha value is -1.63. The SMILES string of the molecule is COC(=N)c1ccc(Br)c(C)c1.Cc1cc(-c2ncc[nH]2)ccc1Br.Cl. The predicted octanol–water partition coefficient (Wildman–Crippen LogP) is 6.30. The van der Waals surface area contributed by atoms with E-state index in [2.05, 4.69) is 54.8 Å². The van der Waals surface area contributed by atoms with Gasteiger partial charge in [0.15, 0.2) is 0 Å². The van der Waals surface area contributed by atoms with Crippen LogP contribution in [0, 0.1) is 19.3 Å². The lowest BCUT2D eigenvalue weighted by Crippen LogP contribution is -2.01. The minimum atomic E-state index is 0. The molecule has 4 nitrogen and oxygen atoms in total. The van der Waals surface area contributed by atoms with Crippen LogP contribution in [0.4, 0.5) is 0 Å². The first-order valence-electron chi connectivity index (χ1n) is 7.57. The van der Waals surface area contributed by atoms with Crippen molar-refractivity contribution < 1.29 is 4.74 Å². The van der Waals surface area contributed by atoms with Gasteiger partial charge in [-0.05, 0) is 55.3 Å². The number of imidazole rings is 1. The van der Waals surface area contributed by atoms with Crippen LogP contribution in [0.3, 0.4) is 0 Å². The third-order valence-electron chi connectivity index (χ3n) is 3.55. The first-order chi connectivity index (χ1) is 11.9. The van der Waals surface area contributed by atoms with E-state index < -0.39 is 0 Å². The smallest absolute Gasteiger partial charge is 0.212 e. The molecule has 0 saturated heterocycles. The molecule has 0 saturated carbocycles. The molecule has 3 rings (SSSR count). The molecule has 0 aliphatic rings. The first-order valence-corrected chi connectivity index (χ1v) is 9.16. The Balaban J connectivity index is 0.000000251. The molecule has 0 atom stereocenters. The Kier molecular flexibility index (Phi) is 9.05. The molecule has 0 aliphatic carbocycles. The van der Waals surface area contributed by atoms with Crippen LogP contribution < -0.4 is 0 Å². The Morgan fingerprint density at radius 1 is 1.04 bits per heavy atom. The first kappa shape index (κ1) is 22.4. The van der Waals surface area contributed by atoms with E-state index in [1.165, 1.54) is 12.7 Å². The van der Waals surface area contributed by atoms with Crippen LogP contribution in [-0.2, 0) is 4.74 Å². The van der Waals surface area contributed by atoms with Gasteiger partial charge in [-0.3, -0.25) is 5.41 Å². The van der Waals surface area contributed by atoms with Crippen molar-refractivity contribution in [2.24, 2.45) is 0 Å². The number of ether oxygens (including phenoxy) is 1. The van der Waals surface area contributed by atoms with Gasteiger partial charge in [-0.15, -0.1) is 12.4 Å². The second kappa shape index (κ2) is 10.5. The van der Waals surface area contributed by atoms with E-state index in [0.29, 0.717) is 0 Å². The summed E-state index contributed by atoms with van der Waals surface area (Å²) in [4.78, 5) is 7.26. The zero-order valence-electron chi connectivity index (χ0n) is 14.6. The molecule has 0 radical (unpaired) electrons. The van der Waals surface area contributed by atoms with Gasteiger partial charge in [0, 0.05) is 32.5 Å². The predicted molar refractivity (Wildman–Crippen MR) is 116 cm³/mol. The van der Waals surface area contributed by atoms with Gasteiger partial charge in [0.1, 0.15) is 5.82 Å². The fourth-order valence-corrected chi connectivity index (χ4v) is 2.61. The summed E-state index contributed by atoms with van der Waals surface area (Å²) in [5.74, 6) is 1.11. The Labute approximate surface area is 176 Å². The van der Waals surface area contributed by atoms with E-state index in [9.17, 15) is 0 Å². The number of rotatable bonds is 2. The highest BCUT2D eigenvalue weighted by molar-refractivity contribution is 9.10. The minimum Gasteiger partial charge on any atom is -0.481 e. The number of hydrogen-bond donors (Lipinski definition) is 2. The maximum atomic E-state index is 7.41. The molecule has 138 valence electrons. The number of nitrogens with zero attached hydrogens (tertiary/aromatic N) is 1. The molecule has 1 aromatic heterocycles. The number of methoxy groups -OCH3 is 1. The van der Waals surface area contributed by atoms with Crippen molar-refractivity contribution in [2.45, 2.75) is 13.8 Å². The molecule has 0 spiro atoms. The maximum absolute atomic E-state index is 7.41. The molecule has 2 N–H and O–H groups in total. The van der Waals surface area contributed by atoms with Crippen molar-refractivity contribution >= 4 is 50.2 Å². The third-order valence-corrected chi connectivity index (χ3v) is 5.33. The molecule has 26 heavy (non-hydrogen) atoms. The normalized spacial score (nSPS) is 9.58. The van der Waals surface area contributed by atoms with Gasteiger partial charge >= 0.3 is 0 Å². The molecule has 0 unspecified atom stereocenters. The number of hydrogen-bond acceptors (Lipinski definition) is 3. The molecule has 1 heterocycles. The van der Waals surface area contributed by atoms with Gasteiger partial charge in [-0.1, -0.05) is 37.9 Å². The van der Waals surface area contributed by atoms with E-state index >= 15 is 0 Å². The number of aromatic amines is 1. The molecular weight excluding hydrogens is 481 g/mol. The average molecular weight is 502 g/mol. The lowest BCUT2D eigenvalue weighted by atomic mass is 10.1. The second-order valence-electron chi connectivity index (χ2n) is 5.40. The summed E-state index contributed by atoms with van der Waals surface area (Å²) in [6.07, 6.45) is 3.58. The van der Waals surface area contributed by atoms with Gasteiger partial charge < -0.3 is 9.72 Å². The summed E-state index contributed by atoms with van der Waals surface area (Å²) in [5.41, 5.74) is 4.24. The molecule has 7 heteroatoms. The lowest BCUT2D eigenvalue weighted by molar-refractivity contribution is 0.401. The van der Waals surface area contributed by atoms with E-state index in [0.717, 1.165) is 31.5 Å². The highest BCUT2D eigenvalue weighted by Gasteiger charge is 2.02. The van der Waals surface area contributed by atoms with Crippen molar-refractivity contribution in [1.29, 1.82) is 5.41 Å². The molecule has 0 amide bonds. The van der Waals surface area contributed by atoms with Crippen molar-refractivity contribution in [3.63, 3.8) is 0 Å². The van der Waals surface area contributed by atoms with Crippen molar-refractivity contribution in [1.82, 2.24) is 9.97 Å². The molecule has 2 aromatic carbocycles. The lowest BCUT2D eigenvalue weighted by Gasteiger charge is -2.03. The number of halogens is 3. The number of nitrogens with one attached hydrogen (secondary N) is 2. The maximum Gasteiger partial charge on any atom is 0.212 e. The molecule has 0 fully saturated rings. The summed E-state index contributed by atoms with van der Waals surface area (Å²) < 4.78 is 6.98. The molecular formula is C19H20Br2ClN3O. The van der Waals surface area contributed by atoms with Crippen LogP contribution in [0.2, 0.25) is 0 Å². The van der Waals surface area contributed by atoms with Gasteiger partial charge in [0.2, 0.25) is 5.90 Å². The van der Waals surface area contributed by atoms with Crippen molar-refractivity contribution in [2.75, 3.05) is 7.11 Å². The fraction of sp³-hybridized carbons (Fsp3) is 0.158. The van der Waals surface area contributed by atoms with E-state index in [4.69, 9.17) is 10.1 Å². The van der Waals surface area contributed by atoms with Gasteiger partial charge in [0.05, 0.1) is 7.11 Å². The van der Waals surface area contributed by atoms with E-state index in [1.807, 2.05) is 43.5 Å². The largest absolute Gasteiger partial charge is 0.481 e. The molecule has 3 aromatic rings. The summed E-state index contributed by atoms with van der Waals surface area (Å²) >= 11 is 6.85. The van der Waals surface area contributed by atoms with Crippen LogP contribution in [-0.4, -0.2) is 23.0 Å². The van der Waals surface area contributed by atoms with Crippen LogP contribution in [0.5, 0.6) is 0 Å². The Morgan fingerprint density at radius 2 is 1.65 bits per heavy atom. The average Bonchev–Trinajstić information content (AvgIpc) is 3.14. The highest BCUT2D eigenvalue weighted by Crippen LogP contribution is 2.22. The van der Waals surface area contributed by atoms with Crippen LogP contribution in [0.25, 0.3) is 11.4 Å². The summed E-state index contributed by atoms with van der Waals surface area (Å²) in [6, 6.07) is 11.9. The summed E-state index contributed by atoms with van der Waals surface area (Å²) in [6.45, 7) is 4.05. The van der Waals surface area contributed by atoms with Crippen molar-refractivity contribution in [3.05, 3.63) is 74.4 Å². The van der Waals surface area contributed by atoms with Crippen LogP contribution >= 0.6 is 44.3 Å². The molecule has 0 aliphatic heterocycles. The second-order valence-corrected chi connectivity index (χ2v) is 7.11. The van der Waals surface area contributed by atoms with E-state index in [-0.39, 0.29) is 18.3 Å². The third kappa shape index (κ3) is 5.97. The number of benzene rings is 2.